The van der Waals surface area contributed by atoms with Crippen LogP contribution in [0.4, 0.5) is 0 Å². The topological polar surface area (TPSA) is 34.1 Å². The fraction of sp³-hybridized carbons (Fsp3) is 0.188. The van der Waals surface area contributed by atoms with Crippen molar-refractivity contribution in [2.24, 2.45) is 0 Å². The molecule has 2 aromatic rings. The van der Waals surface area contributed by atoms with Crippen molar-refractivity contribution >= 4 is 32.5 Å². The van der Waals surface area contributed by atoms with Crippen LogP contribution in [0.3, 0.4) is 0 Å². The third-order valence-electron chi connectivity index (χ3n) is 3.03. The van der Waals surface area contributed by atoms with Crippen LogP contribution in [0.15, 0.2) is 51.8 Å². The van der Waals surface area contributed by atoms with E-state index in [0.29, 0.717) is 5.56 Å². The van der Waals surface area contributed by atoms with Crippen molar-refractivity contribution < 1.29 is 9.00 Å². The van der Waals surface area contributed by atoms with E-state index < -0.39 is 10.8 Å². The van der Waals surface area contributed by atoms with Crippen molar-refractivity contribution in [2.45, 2.75) is 18.7 Å². The summed E-state index contributed by atoms with van der Waals surface area (Å²) >= 11 is 3.35. The van der Waals surface area contributed by atoms with Crippen LogP contribution in [0.1, 0.15) is 21.5 Å². The Kier molecular flexibility index (Phi) is 4.89. The molecule has 2 aromatic carbocycles. The molecular weight excluding hydrogens is 336 g/mol. The minimum absolute atomic E-state index is 0.00685. The molecule has 1 atom stereocenters. The van der Waals surface area contributed by atoms with Gasteiger partial charge in [-0.25, -0.2) is 0 Å². The zero-order valence-corrected chi connectivity index (χ0v) is 13.8. The lowest BCUT2D eigenvalue weighted by Crippen LogP contribution is -2.12. The van der Waals surface area contributed by atoms with E-state index in [9.17, 15) is 9.00 Å². The number of halogens is 1. The summed E-state index contributed by atoms with van der Waals surface area (Å²) in [6, 6.07) is 13.0. The Morgan fingerprint density at radius 1 is 1.15 bits per heavy atom. The Labute approximate surface area is 129 Å². The highest BCUT2D eigenvalue weighted by atomic mass is 79.9. The first-order valence-electron chi connectivity index (χ1n) is 6.22. The van der Waals surface area contributed by atoms with Crippen molar-refractivity contribution in [3.8, 4) is 0 Å². The Morgan fingerprint density at radius 2 is 1.85 bits per heavy atom. The third-order valence-corrected chi connectivity index (χ3v) is 5.17. The molecular formula is C16H15BrO2S. The number of carbonyl (C=O) groups is 1. The van der Waals surface area contributed by atoms with E-state index in [4.69, 9.17) is 0 Å². The second kappa shape index (κ2) is 6.46. The van der Waals surface area contributed by atoms with Gasteiger partial charge in [0.1, 0.15) is 0 Å². The van der Waals surface area contributed by atoms with Crippen molar-refractivity contribution in [3.63, 3.8) is 0 Å². The number of carbonyl (C=O) groups excluding carboxylic acids is 1. The van der Waals surface area contributed by atoms with Gasteiger partial charge in [0.2, 0.25) is 0 Å². The van der Waals surface area contributed by atoms with E-state index >= 15 is 0 Å². The van der Waals surface area contributed by atoms with Gasteiger partial charge in [-0.3, -0.25) is 9.00 Å². The average Bonchev–Trinajstić information content (AvgIpc) is 2.41. The van der Waals surface area contributed by atoms with E-state index in [1.165, 1.54) is 0 Å². The molecule has 0 aliphatic carbocycles. The summed E-state index contributed by atoms with van der Waals surface area (Å²) in [5, 5.41) is 0. The molecule has 2 nitrogen and oxygen atoms in total. The van der Waals surface area contributed by atoms with Crippen molar-refractivity contribution in [2.75, 3.05) is 5.75 Å². The highest BCUT2D eigenvalue weighted by molar-refractivity contribution is 9.10. The molecule has 0 amide bonds. The summed E-state index contributed by atoms with van der Waals surface area (Å²) in [4.78, 5) is 13.0. The van der Waals surface area contributed by atoms with Crippen LogP contribution in [-0.2, 0) is 10.8 Å². The molecule has 0 fully saturated rings. The zero-order valence-electron chi connectivity index (χ0n) is 11.4. The summed E-state index contributed by atoms with van der Waals surface area (Å²) in [7, 11) is -1.31. The molecule has 4 heteroatoms. The maximum Gasteiger partial charge on any atom is 0.176 e. The van der Waals surface area contributed by atoms with Gasteiger partial charge in [-0.05, 0) is 37.1 Å². The summed E-state index contributed by atoms with van der Waals surface area (Å²) in [5.74, 6) is -0.107. The number of aryl methyl sites for hydroxylation is 2. The smallest absolute Gasteiger partial charge is 0.176 e. The molecule has 0 spiro atoms. The van der Waals surface area contributed by atoms with Crippen LogP contribution in [0.25, 0.3) is 0 Å². The van der Waals surface area contributed by atoms with Gasteiger partial charge in [-0.15, -0.1) is 0 Å². The van der Waals surface area contributed by atoms with Crippen molar-refractivity contribution in [1.29, 1.82) is 0 Å². The van der Waals surface area contributed by atoms with Gasteiger partial charge in [0.05, 0.1) is 16.6 Å². The summed E-state index contributed by atoms with van der Waals surface area (Å²) in [6.45, 7) is 3.87. The minimum atomic E-state index is -1.31. The predicted octanol–water partition coefficient (Wildman–Crippen LogP) is 4.06. The van der Waals surface area contributed by atoms with Crippen molar-refractivity contribution in [3.05, 3.63) is 63.6 Å². The van der Waals surface area contributed by atoms with Crippen LogP contribution in [0, 0.1) is 13.8 Å². The molecule has 0 aliphatic rings. The highest BCUT2D eigenvalue weighted by Crippen LogP contribution is 2.19. The summed E-state index contributed by atoms with van der Waals surface area (Å²) in [6.07, 6.45) is 0. The molecule has 2 rings (SSSR count). The SMILES string of the molecule is Cc1ccc(C)c(S(=O)CC(=O)c2ccccc2Br)c1. The van der Waals surface area contributed by atoms with Gasteiger partial charge < -0.3 is 0 Å². The average molecular weight is 351 g/mol. The van der Waals surface area contributed by atoms with E-state index in [-0.39, 0.29) is 11.5 Å². The number of ketones is 1. The number of benzene rings is 2. The fourth-order valence-corrected chi connectivity index (χ4v) is 3.71. The molecule has 20 heavy (non-hydrogen) atoms. The van der Waals surface area contributed by atoms with E-state index in [1.807, 2.05) is 44.2 Å². The molecule has 104 valence electrons. The largest absolute Gasteiger partial charge is 0.293 e. The van der Waals surface area contributed by atoms with Crippen LogP contribution in [0.2, 0.25) is 0 Å². The monoisotopic (exact) mass is 350 g/mol. The molecule has 1 unspecified atom stereocenters. The number of rotatable bonds is 4. The standard InChI is InChI=1S/C16H15BrO2S/c1-11-7-8-12(2)16(9-11)20(19)10-15(18)13-5-3-4-6-14(13)17/h3-9H,10H2,1-2H3. The lowest BCUT2D eigenvalue weighted by molar-refractivity contribution is 0.102. The van der Waals surface area contributed by atoms with E-state index in [2.05, 4.69) is 15.9 Å². The lowest BCUT2D eigenvalue weighted by Gasteiger charge is -2.07. The first-order chi connectivity index (χ1) is 9.49. The van der Waals surface area contributed by atoms with Crippen LogP contribution in [0.5, 0.6) is 0 Å². The molecule has 0 bridgehead atoms. The number of Topliss-reactive ketones (excluding diaryl/α,β-unsaturated/α-hetero) is 1. The normalized spacial score (nSPS) is 12.2. The second-order valence-corrected chi connectivity index (χ2v) is 6.94. The lowest BCUT2D eigenvalue weighted by atomic mass is 10.1. The van der Waals surface area contributed by atoms with E-state index in [1.54, 1.807) is 12.1 Å². The Bertz CT molecular complexity index is 680. The van der Waals surface area contributed by atoms with Gasteiger partial charge in [0.15, 0.2) is 5.78 Å². The maximum atomic E-state index is 12.4. The predicted molar refractivity (Wildman–Crippen MR) is 85.7 cm³/mol. The third kappa shape index (κ3) is 3.44. The van der Waals surface area contributed by atoms with E-state index in [0.717, 1.165) is 20.5 Å². The first-order valence-corrected chi connectivity index (χ1v) is 8.33. The van der Waals surface area contributed by atoms with Crippen molar-refractivity contribution in [1.82, 2.24) is 0 Å². The van der Waals surface area contributed by atoms with Crippen LogP contribution < -0.4 is 0 Å². The number of hydrogen-bond donors (Lipinski definition) is 0. The van der Waals surface area contributed by atoms with Crippen LogP contribution in [-0.4, -0.2) is 15.7 Å². The quantitative estimate of drug-likeness (QED) is 0.779. The molecule has 0 radical (unpaired) electrons. The summed E-state index contributed by atoms with van der Waals surface area (Å²) in [5.41, 5.74) is 2.58. The molecule has 0 saturated heterocycles. The fourth-order valence-electron chi connectivity index (χ4n) is 1.91. The van der Waals surface area contributed by atoms with Crippen LogP contribution >= 0.6 is 15.9 Å². The van der Waals surface area contributed by atoms with Gasteiger partial charge in [-0.2, -0.15) is 0 Å². The highest BCUT2D eigenvalue weighted by Gasteiger charge is 2.16. The molecule has 0 aliphatic heterocycles. The Hall–Kier alpha value is -1.26. The number of hydrogen-bond acceptors (Lipinski definition) is 2. The Balaban J connectivity index is 2.22. The van der Waals surface area contributed by atoms with Gasteiger partial charge >= 0.3 is 0 Å². The summed E-state index contributed by atoms with van der Waals surface area (Å²) < 4.78 is 13.1. The van der Waals surface area contributed by atoms with Gasteiger partial charge in [0.25, 0.3) is 0 Å². The maximum absolute atomic E-state index is 12.4. The molecule has 0 saturated carbocycles. The van der Waals surface area contributed by atoms with Gasteiger partial charge in [-0.1, -0.05) is 46.3 Å². The van der Waals surface area contributed by atoms with Gasteiger partial charge in [0, 0.05) is 14.9 Å². The Morgan fingerprint density at radius 3 is 2.55 bits per heavy atom. The zero-order chi connectivity index (χ0) is 14.7. The molecule has 0 N–H and O–H groups in total. The second-order valence-electron chi connectivity index (χ2n) is 4.66. The molecule has 0 aromatic heterocycles. The first kappa shape index (κ1) is 15.1. The minimum Gasteiger partial charge on any atom is -0.293 e. The molecule has 0 heterocycles.